The van der Waals surface area contributed by atoms with Crippen molar-refractivity contribution < 1.29 is 0 Å². The van der Waals surface area contributed by atoms with E-state index >= 15 is 0 Å². The van der Waals surface area contributed by atoms with Crippen LogP contribution < -0.4 is 5.32 Å². The van der Waals surface area contributed by atoms with Gasteiger partial charge in [0, 0.05) is 44.0 Å². The second-order valence-corrected chi connectivity index (χ2v) is 14.3. The fourth-order valence-corrected chi connectivity index (χ4v) is 8.35. The van der Waals surface area contributed by atoms with Crippen LogP contribution in [0.5, 0.6) is 0 Å². The monoisotopic (exact) mass is 717 g/mol. The highest BCUT2D eigenvalue weighted by Gasteiger charge is 2.22. The number of rotatable bonds is 6. The number of fused-ring (bicyclic) bond motifs is 6. The summed E-state index contributed by atoms with van der Waals surface area (Å²) in [4.78, 5) is 10.1. The molecule has 8 aromatic carbocycles. The molecule has 0 radical (unpaired) electrons. The van der Waals surface area contributed by atoms with E-state index in [1.54, 1.807) is 0 Å². The lowest BCUT2D eigenvalue weighted by Gasteiger charge is -2.24. The summed E-state index contributed by atoms with van der Waals surface area (Å²) in [6, 6.07) is 71.1. The Morgan fingerprint density at radius 1 is 0.375 bits per heavy atom. The van der Waals surface area contributed by atoms with E-state index in [4.69, 9.17) is 9.98 Å². The largest absolute Gasteiger partial charge is 0.344 e. The van der Waals surface area contributed by atoms with Crippen LogP contribution in [0.2, 0.25) is 0 Å². The number of hydrogen-bond acceptors (Lipinski definition) is 3. The van der Waals surface area contributed by atoms with Gasteiger partial charge in [-0.15, -0.1) is 0 Å². The van der Waals surface area contributed by atoms with Gasteiger partial charge in [0.2, 0.25) is 0 Å². The van der Waals surface area contributed by atoms with Gasteiger partial charge in [-0.1, -0.05) is 140 Å². The molecule has 11 rings (SSSR count). The predicted molar refractivity (Wildman–Crippen MR) is 232 cm³/mol. The van der Waals surface area contributed by atoms with Gasteiger partial charge in [0.1, 0.15) is 12.0 Å². The van der Waals surface area contributed by atoms with Gasteiger partial charge in [-0.05, 0) is 77.4 Å². The quantitative estimate of drug-likeness (QED) is 0.183. The van der Waals surface area contributed by atoms with E-state index in [1.807, 2.05) is 36.4 Å². The van der Waals surface area contributed by atoms with Crippen LogP contribution in [0.25, 0.3) is 66.1 Å². The van der Waals surface area contributed by atoms with Crippen molar-refractivity contribution in [3.05, 3.63) is 217 Å². The van der Waals surface area contributed by atoms with Crippen molar-refractivity contribution in [2.24, 2.45) is 9.98 Å². The normalized spacial score (nSPS) is 14.2. The van der Waals surface area contributed by atoms with Gasteiger partial charge in [-0.2, -0.15) is 0 Å². The minimum absolute atomic E-state index is 0.319. The minimum Gasteiger partial charge on any atom is -0.344 e. The predicted octanol–water partition coefficient (Wildman–Crippen LogP) is 12.0. The van der Waals surface area contributed by atoms with Crippen molar-refractivity contribution in [2.45, 2.75) is 6.17 Å². The number of nitrogens with zero attached hydrogens (tertiary/aromatic N) is 4. The summed E-state index contributed by atoms with van der Waals surface area (Å²) >= 11 is 0. The second-order valence-electron chi connectivity index (χ2n) is 14.3. The third kappa shape index (κ3) is 5.32. The van der Waals surface area contributed by atoms with Crippen molar-refractivity contribution in [3.63, 3.8) is 0 Å². The number of hydrogen-bond donors (Lipinski definition) is 1. The Balaban J connectivity index is 1.02. The molecule has 0 amide bonds. The zero-order valence-corrected chi connectivity index (χ0v) is 30.4. The molecule has 1 aliphatic heterocycles. The molecule has 0 saturated carbocycles. The molecular weight excluding hydrogens is 683 g/mol. The SMILES string of the molecule is c1ccc(C2=NC(c3cccc(-n4c5ccccc5c5cc(-c6ccc7c(c6)c6ccccc6n7-c6ccccc6)ccc54)c3)NC(c3ccccc3)=N2)cc1. The first-order chi connectivity index (χ1) is 27.8. The van der Waals surface area contributed by atoms with E-state index in [1.165, 1.54) is 43.7 Å². The Morgan fingerprint density at radius 3 is 1.50 bits per heavy atom. The standard InChI is InChI=1S/C51H35N5/c1-4-15-34(16-5-1)49-52-50(35-17-6-2-7-18-35)54-51(53-49)38-19-14-22-40(31-38)56-46-26-13-11-24-42(46)44-33-37(28-30-48(44)56)36-27-29-47-43(32-36)41-23-10-12-25-45(41)55(47)39-20-8-3-9-21-39/h1-33,51H,(H,52,53,54). The Morgan fingerprint density at radius 2 is 0.875 bits per heavy atom. The minimum atomic E-state index is -0.319. The molecule has 1 atom stereocenters. The van der Waals surface area contributed by atoms with Crippen molar-refractivity contribution in [3.8, 4) is 22.5 Å². The smallest absolute Gasteiger partial charge is 0.159 e. The van der Waals surface area contributed by atoms with Gasteiger partial charge in [-0.3, -0.25) is 0 Å². The van der Waals surface area contributed by atoms with Crippen molar-refractivity contribution >= 4 is 55.3 Å². The summed E-state index contributed by atoms with van der Waals surface area (Å²) in [5, 5.41) is 8.58. The summed E-state index contributed by atoms with van der Waals surface area (Å²) in [6.45, 7) is 0. The lowest BCUT2D eigenvalue weighted by Crippen LogP contribution is -2.33. The molecule has 3 heterocycles. The van der Waals surface area contributed by atoms with Gasteiger partial charge in [0.25, 0.3) is 0 Å². The first kappa shape index (κ1) is 32.0. The molecule has 10 aromatic rings. The van der Waals surface area contributed by atoms with Gasteiger partial charge in [-0.25, -0.2) is 9.98 Å². The second kappa shape index (κ2) is 13.1. The molecule has 2 aromatic heterocycles. The highest BCUT2D eigenvalue weighted by Crippen LogP contribution is 2.38. The number of benzene rings is 8. The van der Waals surface area contributed by atoms with Crippen LogP contribution in [0.1, 0.15) is 22.9 Å². The van der Waals surface area contributed by atoms with Crippen molar-refractivity contribution in [1.82, 2.24) is 14.5 Å². The van der Waals surface area contributed by atoms with Crippen LogP contribution in [0.15, 0.2) is 210 Å². The molecule has 56 heavy (non-hydrogen) atoms. The fourth-order valence-electron chi connectivity index (χ4n) is 8.35. The van der Waals surface area contributed by atoms with Crippen LogP contribution in [-0.2, 0) is 0 Å². The molecule has 0 aliphatic carbocycles. The lowest BCUT2D eigenvalue weighted by molar-refractivity contribution is 0.674. The summed E-state index contributed by atoms with van der Waals surface area (Å²) in [7, 11) is 0. The van der Waals surface area contributed by atoms with Crippen molar-refractivity contribution in [2.75, 3.05) is 0 Å². The molecule has 5 nitrogen and oxygen atoms in total. The van der Waals surface area contributed by atoms with Crippen LogP contribution in [0, 0.1) is 0 Å². The molecule has 0 saturated heterocycles. The van der Waals surface area contributed by atoms with E-state index in [0.29, 0.717) is 5.84 Å². The molecule has 1 N–H and O–H groups in total. The number of aliphatic imine (C=N–C) groups is 2. The highest BCUT2D eigenvalue weighted by atomic mass is 15.2. The third-order valence-electron chi connectivity index (χ3n) is 11.0. The maximum atomic E-state index is 5.16. The van der Waals surface area contributed by atoms with E-state index in [0.717, 1.165) is 44.9 Å². The Hall–Kier alpha value is -7.50. The van der Waals surface area contributed by atoms with E-state index in [-0.39, 0.29) is 6.17 Å². The average Bonchev–Trinajstić information content (AvgIpc) is 3.79. The summed E-state index contributed by atoms with van der Waals surface area (Å²) < 4.78 is 4.75. The van der Waals surface area contributed by atoms with E-state index in [2.05, 4.69) is 178 Å². The zero-order valence-electron chi connectivity index (χ0n) is 30.4. The van der Waals surface area contributed by atoms with Crippen molar-refractivity contribution in [1.29, 1.82) is 0 Å². The summed E-state index contributed by atoms with van der Waals surface area (Å²) in [6.07, 6.45) is -0.319. The van der Waals surface area contributed by atoms with Crippen LogP contribution in [-0.4, -0.2) is 20.8 Å². The summed E-state index contributed by atoms with van der Waals surface area (Å²) in [5.41, 5.74) is 12.4. The maximum Gasteiger partial charge on any atom is 0.159 e. The Kier molecular flexibility index (Phi) is 7.49. The highest BCUT2D eigenvalue weighted by molar-refractivity contribution is 6.14. The molecule has 0 fully saturated rings. The topological polar surface area (TPSA) is 46.6 Å². The fraction of sp³-hybridized carbons (Fsp3) is 0.0196. The maximum absolute atomic E-state index is 5.16. The van der Waals surface area contributed by atoms with E-state index in [9.17, 15) is 0 Å². The molecule has 1 unspecified atom stereocenters. The van der Waals surface area contributed by atoms with Crippen LogP contribution >= 0.6 is 0 Å². The molecule has 264 valence electrons. The molecule has 5 heteroatoms. The molecular formula is C51H35N5. The zero-order chi connectivity index (χ0) is 37.0. The van der Waals surface area contributed by atoms with Gasteiger partial charge in [0.05, 0.1) is 22.1 Å². The first-order valence-corrected chi connectivity index (χ1v) is 19.0. The summed E-state index contributed by atoms with van der Waals surface area (Å²) in [5.74, 6) is 1.52. The Labute approximate surface area is 324 Å². The number of nitrogens with one attached hydrogen (secondary N) is 1. The molecule has 0 spiro atoms. The van der Waals surface area contributed by atoms with Crippen LogP contribution in [0.4, 0.5) is 0 Å². The number of aromatic nitrogens is 2. The lowest BCUT2D eigenvalue weighted by atomic mass is 10.0. The van der Waals surface area contributed by atoms with Gasteiger partial charge in [0.15, 0.2) is 5.84 Å². The number of para-hydroxylation sites is 3. The van der Waals surface area contributed by atoms with Crippen LogP contribution in [0.3, 0.4) is 0 Å². The Bertz CT molecular complexity index is 3150. The first-order valence-electron chi connectivity index (χ1n) is 19.0. The van der Waals surface area contributed by atoms with E-state index < -0.39 is 0 Å². The van der Waals surface area contributed by atoms with Gasteiger partial charge < -0.3 is 14.5 Å². The third-order valence-corrected chi connectivity index (χ3v) is 11.0. The molecule has 0 bridgehead atoms. The molecule has 1 aliphatic rings. The average molecular weight is 718 g/mol. The number of amidine groups is 2. The van der Waals surface area contributed by atoms with Gasteiger partial charge >= 0.3 is 0 Å².